The molecule has 0 aliphatic carbocycles. The number of hydrogen-bond acceptors (Lipinski definition) is 8. The number of aliphatic hydroxyl groups is 1. The molecule has 2 heterocycles. The van der Waals surface area contributed by atoms with Crippen LogP contribution in [0.15, 0.2) is 101 Å². The lowest BCUT2D eigenvalue weighted by molar-refractivity contribution is -0.117. The molecule has 1 atom stereocenters. The van der Waals surface area contributed by atoms with Gasteiger partial charge in [-0.3, -0.25) is 14.5 Å². The summed E-state index contributed by atoms with van der Waals surface area (Å²) in [6.07, 6.45) is 6.18. The van der Waals surface area contributed by atoms with Crippen LogP contribution in [0.3, 0.4) is 0 Å². The second-order valence-electron chi connectivity index (χ2n) is 9.80. The third kappa shape index (κ3) is 7.36. The Morgan fingerprint density at radius 3 is 2.53 bits per heavy atom. The summed E-state index contributed by atoms with van der Waals surface area (Å²) < 4.78 is 6.49. The number of ether oxygens (including phenoxy) is 1. The maximum Gasteiger partial charge on any atom is 0.296 e. The van der Waals surface area contributed by atoms with Crippen molar-refractivity contribution in [2.45, 2.75) is 42.3 Å². The SMILES string of the molecule is CCCCCOc1ccc(C2C(C(=O)/C=C/c3ccccc3)=C(O)C(=O)N2c2nnc(SCc3ccccc3Cl)s2)cc1. The maximum atomic E-state index is 13.5. The second kappa shape index (κ2) is 14.5. The molecule has 4 aromatic rings. The van der Waals surface area contributed by atoms with Crippen molar-refractivity contribution in [1.82, 2.24) is 10.2 Å². The molecule has 10 heteroatoms. The van der Waals surface area contributed by atoms with Gasteiger partial charge < -0.3 is 9.84 Å². The van der Waals surface area contributed by atoms with Crippen LogP contribution in [0.1, 0.15) is 48.9 Å². The first-order valence-electron chi connectivity index (χ1n) is 13.9. The number of benzene rings is 3. The van der Waals surface area contributed by atoms with Crippen molar-refractivity contribution in [1.29, 1.82) is 0 Å². The Morgan fingerprint density at radius 2 is 1.79 bits per heavy atom. The van der Waals surface area contributed by atoms with Gasteiger partial charge in [-0.25, -0.2) is 0 Å². The van der Waals surface area contributed by atoms with E-state index >= 15 is 0 Å². The molecule has 1 unspecified atom stereocenters. The number of thioether (sulfide) groups is 1. The molecule has 5 rings (SSSR count). The maximum absolute atomic E-state index is 13.5. The summed E-state index contributed by atoms with van der Waals surface area (Å²) in [5.41, 5.74) is 2.39. The number of hydrogen-bond donors (Lipinski definition) is 1. The molecule has 220 valence electrons. The number of rotatable bonds is 13. The Kier molecular flexibility index (Phi) is 10.3. The first-order chi connectivity index (χ1) is 21.0. The Morgan fingerprint density at radius 1 is 1.05 bits per heavy atom. The number of aromatic nitrogens is 2. The van der Waals surface area contributed by atoms with Crippen molar-refractivity contribution < 1.29 is 19.4 Å². The first kappa shape index (κ1) is 30.5. The van der Waals surface area contributed by atoms with Gasteiger partial charge in [-0.05, 0) is 47.4 Å². The van der Waals surface area contributed by atoms with E-state index in [0.29, 0.717) is 33.0 Å². The molecule has 0 saturated heterocycles. The van der Waals surface area contributed by atoms with Gasteiger partial charge in [0.05, 0.1) is 18.2 Å². The summed E-state index contributed by atoms with van der Waals surface area (Å²) in [6, 6.07) is 23.3. The largest absolute Gasteiger partial charge is 0.503 e. The summed E-state index contributed by atoms with van der Waals surface area (Å²) in [7, 11) is 0. The standard InChI is InChI=1S/C33H30ClN3O4S2/c1-2-3-9-20-41-25-17-15-23(16-18-25)29-28(27(38)19-14-22-10-5-4-6-11-22)30(39)31(40)37(29)32-35-36-33(43-32)42-21-24-12-7-8-13-26(24)34/h4-8,10-19,29,39H,2-3,9,20-21H2,1H3/b19-14+. The fourth-order valence-corrected chi connectivity index (χ4v) is 6.75. The number of halogens is 1. The number of carbonyl (C=O) groups is 2. The van der Waals surface area contributed by atoms with Gasteiger partial charge in [0.25, 0.3) is 5.91 Å². The number of nitrogens with zero attached hydrogens (tertiary/aromatic N) is 3. The zero-order valence-corrected chi connectivity index (χ0v) is 25.9. The van der Waals surface area contributed by atoms with E-state index in [2.05, 4.69) is 17.1 Å². The molecule has 0 spiro atoms. The highest BCUT2D eigenvalue weighted by Gasteiger charge is 2.45. The van der Waals surface area contributed by atoms with Gasteiger partial charge in [-0.1, -0.05) is 121 Å². The van der Waals surface area contributed by atoms with Crippen LogP contribution in [-0.4, -0.2) is 33.6 Å². The molecular formula is C33H30ClN3O4S2. The molecule has 0 fully saturated rings. The van der Waals surface area contributed by atoms with Gasteiger partial charge in [-0.15, -0.1) is 10.2 Å². The van der Waals surface area contributed by atoms with E-state index in [4.69, 9.17) is 16.3 Å². The van der Waals surface area contributed by atoms with Crippen LogP contribution in [0.25, 0.3) is 6.08 Å². The summed E-state index contributed by atoms with van der Waals surface area (Å²) in [6.45, 7) is 2.74. The Balaban J connectivity index is 1.43. The van der Waals surface area contributed by atoms with E-state index in [1.807, 2.05) is 66.7 Å². The van der Waals surface area contributed by atoms with Crippen LogP contribution in [0.5, 0.6) is 5.75 Å². The number of allylic oxidation sites excluding steroid dienone is 1. The summed E-state index contributed by atoms with van der Waals surface area (Å²) in [5.74, 6) is -0.522. The summed E-state index contributed by atoms with van der Waals surface area (Å²) >= 11 is 8.96. The van der Waals surface area contributed by atoms with Crippen LogP contribution < -0.4 is 9.64 Å². The Hall–Kier alpha value is -3.92. The molecule has 3 aromatic carbocycles. The monoisotopic (exact) mass is 631 g/mol. The van der Waals surface area contributed by atoms with Gasteiger partial charge in [0.2, 0.25) is 5.13 Å². The smallest absolute Gasteiger partial charge is 0.296 e. The van der Waals surface area contributed by atoms with E-state index < -0.39 is 23.5 Å². The minimum Gasteiger partial charge on any atom is -0.503 e. The normalized spacial score (nSPS) is 15.1. The predicted octanol–water partition coefficient (Wildman–Crippen LogP) is 8.24. The molecule has 43 heavy (non-hydrogen) atoms. The number of ketones is 1. The zero-order valence-electron chi connectivity index (χ0n) is 23.5. The van der Waals surface area contributed by atoms with Crippen LogP contribution in [0, 0.1) is 0 Å². The molecule has 1 aliphatic rings. The molecule has 0 radical (unpaired) electrons. The topological polar surface area (TPSA) is 92.6 Å². The minimum atomic E-state index is -0.899. The average molecular weight is 632 g/mol. The molecule has 7 nitrogen and oxygen atoms in total. The second-order valence-corrected chi connectivity index (χ2v) is 12.4. The number of carbonyl (C=O) groups excluding carboxylic acids is 2. The van der Waals surface area contributed by atoms with Crippen molar-refractivity contribution in [2.75, 3.05) is 11.5 Å². The van der Waals surface area contributed by atoms with Gasteiger partial charge in [0.15, 0.2) is 15.9 Å². The van der Waals surface area contributed by atoms with Gasteiger partial charge in [0, 0.05) is 10.8 Å². The molecule has 1 N–H and O–H groups in total. The summed E-state index contributed by atoms with van der Waals surface area (Å²) in [4.78, 5) is 28.4. The molecule has 0 saturated carbocycles. The molecule has 1 amide bonds. The van der Waals surface area contributed by atoms with E-state index in [0.717, 1.165) is 30.4 Å². The Labute approximate surface area is 263 Å². The number of amides is 1. The van der Waals surface area contributed by atoms with E-state index in [-0.39, 0.29) is 10.7 Å². The van der Waals surface area contributed by atoms with Crippen LogP contribution >= 0.6 is 34.7 Å². The highest BCUT2D eigenvalue weighted by atomic mass is 35.5. The fraction of sp³-hybridized carbons (Fsp3) is 0.212. The molecule has 1 aliphatic heterocycles. The molecular weight excluding hydrogens is 602 g/mol. The highest BCUT2D eigenvalue weighted by Crippen LogP contribution is 2.43. The van der Waals surface area contributed by atoms with E-state index in [1.54, 1.807) is 18.2 Å². The average Bonchev–Trinajstić information content (AvgIpc) is 3.60. The minimum absolute atomic E-state index is 0.0192. The third-order valence-electron chi connectivity index (χ3n) is 6.82. The highest BCUT2D eigenvalue weighted by molar-refractivity contribution is 8.00. The lowest BCUT2D eigenvalue weighted by Gasteiger charge is -2.24. The van der Waals surface area contributed by atoms with Gasteiger partial charge in [-0.2, -0.15) is 0 Å². The zero-order chi connectivity index (χ0) is 30.2. The van der Waals surface area contributed by atoms with Crippen molar-refractivity contribution in [3.8, 4) is 5.75 Å². The van der Waals surface area contributed by atoms with Crippen LogP contribution in [0.4, 0.5) is 5.13 Å². The number of unbranched alkanes of at least 4 members (excludes halogenated alkanes) is 2. The first-order valence-corrected chi connectivity index (χ1v) is 16.1. The van der Waals surface area contributed by atoms with Crippen molar-refractivity contribution in [3.63, 3.8) is 0 Å². The van der Waals surface area contributed by atoms with E-state index in [1.165, 1.54) is 34.1 Å². The predicted molar refractivity (Wildman–Crippen MR) is 173 cm³/mol. The van der Waals surface area contributed by atoms with Crippen molar-refractivity contribution in [3.05, 3.63) is 118 Å². The van der Waals surface area contributed by atoms with Crippen molar-refractivity contribution in [2.24, 2.45) is 0 Å². The van der Waals surface area contributed by atoms with Gasteiger partial charge >= 0.3 is 0 Å². The van der Waals surface area contributed by atoms with Crippen LogP contribution in [0.2, 0.25) is 5.02 Å². The molecule has 1 aromatic heterocycles. The number of aliphatic hydroxyl groups excluding tert-OH is 1. The van der Waals surface area contributed by atoms with Crippen molar-refractivity contribution >= 4 is 57.6 Å². The number of anilines is 1. The fourth-order valence-electron chi connectivity index (χ4n) is 4.60. The molecule has 0 bridgehead atoms. The lowest BCUT2D eigenvalue weighted by atomic mass is 9.95. The van der Waals surface area contributed by atoms with Gasteiger partial charge in [0.1, 0.15) is 5.75 Å². The summed E-state index contributed by atoms with van der Waals surface area (Å²) in [5, 5.41) is 20.5. The third-order valence-corrected chi connectivity index (χ3v) is 9.30. The van der Waals surface area contributed by atoms with E-state index in [9.17, 15) is 14.7 Å². The lowest BCUT2D eigenvalue weighted by Crippen LogP contribution is -2.30. The quantitative estimate of drug-likeness (QED) is 0.0687. The van der Waals surface area contributed by atoms with Crippen LogP contribution in [-0.2, 0) is 15.3 Å². The Bertz CT molecular complexity index is 1640.